The molecule has 0 radical (unpaired) electrons. The molecular formula is C8H13N3OS. The van der Waals surface area contributed by atoms with Crippen molar-refractivity contribution in [3.8, 4) is 0 Å². The summed E-state index contributed by atoms with van der Waals surface area (Å²) < 4.78 is 1.92. The normalized spacial score (nSPS) is 10.2. The molecule has 1 aromatic heterocycles. The summed E-state index contributed by atoms with van der Waals surface area (Å²) in [6.07, 6.45) is 1.98. The fourth-order valence-electron chi connectivity index (χ4n) is 1.07. The van der Waals surface area contributed by atoms with Gasteiger partial charge >= 0.3 is 0 Å². The Labute approximate surface area is 81.4 Å². The molecule has 0 aliphatic rings. The molecule has 0 bridgehead atoms. The second-order valence-corrected chi connectivity index (χ2v) is 3.26. The van der Waals surface area contributed by atoms with Gasteiger partial charge in [0.15, 0.2) is 4.77 Å². The van der Waals surface area contributed by atoms with Crippen LogP contribution in [0.5, 0.6) is 0 Å². The zero-order valence-corrected chi connectivity index (χ0v) is 8.36. The molecule has 0 unspecified atom stereocenters. The maximum atomic E-state index is 11.4. The van der Waals surface area contributed by atoms with E-state index in [2.05, 4.69) is 11.9 Å². The van der Waals surface area contributed by atoms with Crippen LogP contribution in [0.4, 0.5) is 5.82 Å². The van der Waals surface area contributed by atoms with Crippen LogP contribution in [0.2, 0.25) is 0 Å². The van der Waals surface area contributed by atoms with E-state index in [0.717, 1.165) is 12.8 Å². The highest BCUT2D eigenvalue weighted by atomic mass is 32.1. The molecule has 0 spiro atoms. The second-order valence-electron chi connectivity index (χ2n) is 2.87. The van der Waals surface area contributed by atoms with E-state index in [0.29, 0.717) is 17.1 Å². The molecule has 0 atom stereocenters. The number of hydrogen-bond acceptors (Lipinski definition) is 3. The van der Waals surface area contributed by atoms with E-state index in [1.165, 1.54) is 10.6 Å². The van der Waals surface area contributed by atoms with E-state index >= 15 is 0 Å². The molecule has 5 heteroatoms. The molecule has 72 valence electrons. The Morgan fingerprint density at radius 1 is 1.69 bits per heavy atom. The Bertz CT molecular complexity index is 362. The van der Waals surface area contributed by atoms with E-state index in [1.807, 2.05) is 0 Å². The van der Waals surface area contributed by atoms with Crippen molar-refractivity contribution in [1.29, 1.82) is 0 Å². The van der Waals surface area contributed by atoms with Crippen molar-refractivity contribution in [3.05, 3.63) is 21.2 Å². The van der Waals surface area contributed by atoms with Gasteiger partial charge in [-0.3, -0.25) is 9.36 Å². The first-order chi connectivity index (χ1) is 6.15. The minimum Gasteiger partial charge on any atom is -0.385 e. The predicted octanol–water partition coefficient (Wildman–Crippen LogP) is 1.29. The van der Waals surface area contributed by atoms with Gasteiger partial charge in [0.05, 0.1) is 0 Å². The molecule has 0 saturated heterocycles. The highest BCUT2D eigenvalue weighted by Crippen LogP contribution is 1.95. The Balaban J connectivity index is 3.07. The number of anilines is 1. The number of unbranched alkanes of at least 4 members (excludes halogenated alkanes) is 1. The smallest absolute Gasteiger partial charge is 0.256 e. The van der Waals surface area contributed by atoms with Crippen LogP contribution in [0.15, 0.2) is 10.9 Å². The molecule has 13 heavy (non-hydrogen) atoms. The first kappa shape index (κ1) is 9.98. The molecule has 0 aliphatic carbocycles. The van der Waals surface area contributed by atoms with E-state index in [1.54, 1.807) is 0 Å². The molecule has 4 nitrogen and oxygen atoms in total. The molecule has 3 N–H and O–H groups in total. The molecule has 0 fully saturated rings. The fourth-order valence-corrected chi connectivity index (χ4v) is 1.37. The van der Waals surface area contributed by atoms with E-state index in [4.69, 9.17) is 18.0 Å². The van der Waals surface area contributed by atoms with Gasteiger partial charge < -0.3 is 10.7 Å². The quantitative estimate of drug-likeness (QED) is 0.721. The third-order valence-electron chi connectivity index (χ3n) is 1.78. The number of nitrogen functional groups attached to an aromatic ring is 1. The number of aromatic nitrogens is 2. The van der Waals surface area contributed by atoms with Gasteiger partial charge in [-0.05, 0) is 18.6 Å². The van der Waals surface area contributed by atoms with Crippen LogP contribution in [0.1, 0.15) is 19.8 Å². The maximum Gasteiger partial charge on any atom is 0.256 e. The summed E-state index contributed by atoms with van der Waals surface area (Å²) in [5.74, 6) is 0.322. The Kier molecular flexibility index (Phi) is 3.25. The number of nitrogens with two attached hydrogens (primary N) is 1. The van der Waals surface area contributed by atoms with E-state index in [9.17, 15) is 4.79 Å². The van der Waals surface area contributed by atoms with Crippen molar-refractivity contribution < 1.29 is 0 Å². The number of nitrogens with zero attached hydrogens (tertiary/aromatic N) is 1. The lowest BCUT2D eigenvalue weighted by molar-refractivity contribution is 0.596. The zero-order chi connectivity index (χ0) is 9.84. The van der Waals surface area contributed by atoms with Crippen LogP contribution in [-0.2, 0) is 6.54 Å². The van der Waals surface area contributed by atoms with Crippen LogP contribution < -0.4 is 11.3 Å². The van der Waals surface area contributed by atoms with Gasteiger partial charge in [0.1, 0.15) is 5.82 Å². The minimum atomic E-state index is -0.130. The van der Waals surface area contributed by atoms with Crippen molar-refractivity contribution in [2.75, 3.05) is 5.73 Å². The summed E-state index contributed by atoms with van der Waals surface area (Å²) in [5, 5.41) is 0. The highest BCUT2D eigenvalue weighted by molar-refractivity contribution is 7.71. The van der Waals surface area contributed by atoms with Gasteiger partial charge in [-0.2, -0.15) is 0 Å². The van der Waals surface area contributed by atoms with Crippen molar-refractivity contribution in [2.24, 2.45) is 0 Å². The van der Waals surface area contributed by atoms with Crippen molar-refractivity contribution >= 4 is 18.0 Å². The van der Waals surface area contributed by atoms with Gasteiger partial charge in [-0.1, -0.05) is 13.3 Å². The lowest BCUT2D eigenvalue weighted by Crippen LogP contribution is -2.21. The first-order valence-corrected chi connectivity index (χ1v) is 4.65. The third kappa shape index (κ3) is 2.42. The lowest BCUT2D eigenvalue weighted by atomic mass is 10.3. The van der Waals surface area contributed by atoms with Gasteiger partial charge in [0.2, 0.25) is 0 Å². The lowest BCUT2D eigenvalue weighted by Gasteiger charge is -2.04. The third-order valence-corrected chi connectivity index (χ3v) is 2.10. The molecule has 0 aliphatic heterocycles. The Morgan fingerprint density at radius 2 is 2.38 bits per heavy atom. The van der Waals surface area contributed by atoms with Crippen molar-refractivity contribution in [3.63, 3.8) is 0 Å². The molecule has 0 amide bonds. The van der Waals surface area contributed by atoms with Crippen molar-refractivity contribution in [1.82, 2.24) is 9.55 Å². The predicted molar refractivity (Wildman–Crippen MR) is 55.2 cm³/mol. The monoisotopic (exact) mass is 199 g/mol. The summed E-state index contributed by atoms with van der Waals surface area (Å²) in [6.45, 7) is 2.72. The van der Waals surface area contributed by atoms with Crippen LogP contribution >= 0.6 is 12.2 Å². The fraction of sp³-hybridized carbons (Fsp3) is 0.500. The molecule has 1 rings (SSSR count). The van der Waals surface area contributed by atoms with Crippen LogP contribution in [-0.4, -0.2) is 9.55 Å². The Hall–Kier alpha value is -1.10. The first-order valence-electron chi connectivity index (χ1n) is 4.24. The van der Waals surface area contributed by atoms with Gasteiger partial charge in [-0.25, -0.2) is 0 Å². The molecule has 0 aromatic carbocycles. The van der Waals surface area contributed by atoms with Gasteiger partial charge in [0.25, 0.3) is 5.56 Å². The van der Waals surface area contributed by atoms with Crippen LogP contribution in [0, 0.1) is 4.77 Å². The summed E-state index contributed by atoms with van der Waals surface area (Å²) in [5.41, 5.74) is 5.29. The largest absolute Gasteiger partial charge is 0.385 e. The number of hydrogen-bond donors (Lipinski definition) is 2. The highest BCUT2D eigenvalue weighted by Gasteiger charge is 1.98. The summed E-state index contributed by atoms with van der Waals surface area (Å²) >= 11 is 4.97. The number of aromatic amines is 1. The number of rotatable bonds is 3. The summed E-state index contributed by atoms with van der Waals surface area (Å²) in [6, 6.07) is 1.35. The van der Waals surface area contributed by atoms with Gasteiger partial charge in [0, 0.05) is 12.6 Å². The van der Waals surface area contributed by atoms with Gasteiger partial charge in [-0.15, -0.1) is 0 Å². The number of H-pyrrole nitrogens is 1. The van der Waals surface area contributed by atoms with Crippen LogP contribution in [0.3, 0.4) is 0 Å². The second kappa shape index (κ2) is 4.23. The molecule has 1 aromatic rings. The zero-order valence-electron chi connectivity index (χ0n) is 7.54. The van der Waals surface area contributed by atoms with Crippen LogP contribution in [0.25, 0.3) is 0 Å². The Morgan fingerprint density at radius 3 is 2.92 bits per heavy atom. The minimum absolute atomic E-state index is 0.130. The average Bonchev–Trinajstić information content (AvgIpc) is 2.02. The standard InChI is InChI=1S/C8H13N3OS/c1-2-3-4-11-7(12)5-6(9)10-8(11)13/h5H,2-4,9H2,1H3,(H,10,13). The SMILES string of the molecule is CCCCn1c(=O)cc(N)[nH]c1=S. The maximum absolute atomic E-state index is 11.4. The van der Waals surface area contributed by atoms with E-state index in [-0.39, 0.29) is 5.56 Å². The molecule has 0 saturated carbocycles. The topological polar surface area (TPSA) is 63.8 Å². The number of nitrogens with one attached hydrogen (secondary N) is 1. The molecule has 1 heterocycles. The summed E-state index contributed by atoms with van der Waals surface area (Å²) in [4.78, 5) is 14.1. The summed E-state index contributed by atoms with van der Waals surface area (Å²) in [7, 11) is 0. The van der Waals surface area contributed by atoms with E-state index < -0.39 is 0 Å². The molecular weight excluding hydrogens is 186 g/mol. The average molecular weight is 199 g/mol. The van der Waals surface area contributed by atoms with Crippen molar-refractivity contribution in [2.45, 2.75) is 26.3 Å².